The van der Waals surface area contributed by atoms with E-state index in [1.54, 1.807) is 13.8 Å². The number of nitrogens with zero attached hydrogens (tertiary/aromatic N) is 1. The molecule has 1 rings (SSSR count). The number of nitrogens with one attached hydrogen (secondary N) is 1. The number of hydrogen-bond acceptors (Lipinski definition) is 4. The Kier molecular flexibility index (Phi) is 4.19. The van der Waals surface area contributed by atoms with Gasteiger partial charge in [-0.25, -0.2) is 9.78 Å². The van der Waals surface area contributed by atoms with E-state index in [4.69, 9.17) is 5.11 Å². The smallest absolute Gasteiger partial charge is 0.328 e. The van der Waals surface area contributed by atoms with Gasteiger partial charge in [0.2, 0.25) is 5.91 Å². The van der Waals surface area contributed by atoms with E-state index in [0.29, 0.717) is 10.0 Å². The van der Waals surface area contributed by atoms with Crippen molar-refractivity contribution in [3.05, 3.63) is 17.2 Å². The highest BCUT2D eigenvalue weighted by molar-refractivity contribution is 7.16. The van der Waals surface area contributed by atoms with E-state index in [0.717, 1.165) is 6.08 Å². The lowest BCUT2D eigenvalue weighted by Gasteiger charge is -2.02. The molecule has 1 heterocycles. The van der Waals surface area contributed by atoms with Crippen molar-refractivity contribution < 1.29 is 14.7 Å². The Morgan fingerprint density at radius 3 is 2.81 bits per heavy atom. The third kappa shape index (κ3) is 3.82. The van der Waals surface area contributed by atoms with Crippen LogP contribution < -0.4 is 5.32 Å². The Bertz CT molecular complexity index is 423. The van der Waals surface area contributed by atoms with Crippen LogP contribution in [0.15, 0.2) is 12.3 Å². The lowest BCUT2D eigenvalue weighted by Crippen LogP contribution is -2.17. The molecule has 0 saturated carbocycles. The first-order chi connectivity index (χ1) is 7.49. The molecule has 0 aliphatic carbocycles. The maximum Gasteiger partial charge on any atom is 0.328 e. The molecule has 86 valence electrons. The van der Waals surface area contributed by atoms with Crippen molar-refractivity contribution in [3.63, 3.8) is 0 Å². The van der Waals surface area contributed by atoms with Crippen LogP contribution >= 0.6 is 11.3 Å². The maximum absolute atomic E-state index is 11.3. The van der Waals surface area contributed by atoms with Crippen LogP contribution in [-0.4, -0.2) is 22.0 Å². The Hall–Kier alpha value is -1.69. The first-order valence-electron chi connectivity index (χ1n) is 4.66. The van der Waals surface area contributed by atoms with Crippen LogP contribution in [0, 0.1) is 5.92 Å². The number of rotatable bonds is 4. The number of aliphatic carboxylic acids is 1. The average molecular weight is 240 g/mol. The molecule has 0 atom stereocenters. The summed E-state index contributed by atoms with van der Waals surface area (Å²) in [6.07, 6.45) is 3.98. The largest absolute Gasteiger partial charge is 0.478 e. The number of hydrogen-bond donors (Lipinski definition) is 2. The average Bonchev–Trinajstić information content (AvgIpc) is 2.62. The van der Waals surface area contributed by atoms with Crippen LogP contribution in [0.3, 0.4) is 0 Å². The molecule has 1 aromatic heterocycles. The van der Waals surface area contributed by atoms with Gasteiger partial charge in [0.25, 0.3) is 0 Å². The van der Waals surface area contributed by atoms with Gasteiger partial charge in [0.1, 0.15) is 0 Å². The number of carbonyl (C=O) groups is 2. The van der Waals surface area contributed by atoms with Crippen LogP contribution in [0.25, 0.3) is 6.08 Å². The summed E-state index contributed by atoms with van der Waals surface area (Å²) in [6, 6.07) is 0. The molecule has 2 N–H and O–H groups in total. The summed E-state index contributed by atoms with van der Waals surface area (Å²) in [5, 5.41) is 11.5. The van der Waals surface area contributed by atoms with E-state index in [9.17, 15) is 9.59 Å². The van der Waals surface area contributed by atoms with Gasteiger partial charge >= 0.3 is 5.97 Å². The zero-order valence-corrected chi connectivity index (χ0v) is 9.75. The summed E-state index contributed by atoms with van der Waals surface area (Å²) in [5.74, 6) is -1.23. The van der Waals surface area contributed by atoms with Crippen molar-refractivity contribution in [1.82, 2.24) is 4.98 Å². The zero-order chi connectivity index (χ0) is 12.1. The molecule has 0 aliphatic heterocycles. The van der Waals surface area contributed by atoms with Crippen molar-refractivity contribution in [2.75, 3.05) is 5.32 Å². The monoisotopic (exact) mass is 240 g/mol. The molecule has 5 nitrogen and oxygen atoms in total. The summed E-state index contributed by atoms with van der Waals surface area (Å²) in [5.41, 5.74) is 0. The van der Waals surface area contributed by atoms with E-state index in [2.05, 4.69) is 10.3 Å². The van der Waals surface area contributed by atoms with Gasteiger partial charge in [0, 0.05) is 23.1 Å². The summed E-state index contributed by atoms with van der Waals surface area (Å²) in [6.45, 7) is 3.57. The molecule has 0 aromatic carbocycles. The standard InChI is InChI=1S/C10H12N2O3S/c1-6(2)9(15)12-10-11-5-7(16-10)3-4-8(13)14/h3-6H,1-2H3,(H,13,14)(H,11,12,15). The van der Waals surface area contributed by atoms with Crippen molar-refractivity contribution in [2.45, 2.75) is 13.8 Å². The van der Waals surface area contributed by atoms with Crippen molar-refractivity contribution in [3.8, 4) is 0 Å². The second-order valence-corrected chi connectivity index (χ2v) is 4.45. The number of anilines is 1. The van der Waals surface area contributed by atoms with Gasteiger partial charge in [-0.3, -0.25) is 4.79 Å². The zero-order valence-electron chi connectivity index (χ0n) is 8.93. The topological polar surface area (TPSA) is 79.3 Å². The van der Waals surface area contributed by atoms with Gasteiger partial charge in [-0.2, -0.15) is 0 Å². The van der Waals surface area contributed by atoms with Crippen LogP contribution in [0.2, 0.25) is 0 Å². The van der Waals surface area contributed by atoms with Gasteiger partial charge in [-0.05, 0) is 6.08 Å². The fourth-order valence-electron chi connectivity index (χ4n) is 0.825. The first-order valence-corrected chi connectivity index (χ1v) is 5.48. The van der Waals surface area contributed by atoms with Crippen LogP contribution in [0.4, 0.5) is 5.13 Å². The molecular weight excluding hydrogens is 228 g/mol. The van der Waals surface area contributed by atoms with E-state index in [1.165, 1.54) is 23.6 Å². The lowest BCUT2D eigenvalue weighted by molar-refractivity contribution is -0.131. The van der Waals surface area contributed by atoms with Crippen molar-refractivity contribution in [1.29, 1.82) is 0 Å². The van der Waals surface area contributed by atoms with Crippen molar-refractivity contribution in [2.24, 2.45) is 5.92 Å². The third-order valence-electron chi connectivity index (χ3n) is 1.67. The second kappa shape index (κ2) is 5.41. The molecule has 0 aliphatic rings. The summed E-state index contributed by atoms with van der Waals surface area (Å²) in [4.78, 5) is 26.2. The van der Waals surface area contributed by atoms with Gasteiger partial charge in [0.15, 0.2) is 5.13 Å². The quantitative estimate of drug-likeness (QED) is 0.787. The number of carbonyl (C=O) groups excluding carboxylic acids is 1. The van der Waals surface area contributed by atoms with Gasteiger partial charge in [-0.15, -0.1) is 0 Å². The molecule has 0 unspecified atom stereocenters. The van der Waals surface area contributed by atoms with E-state index in [1.807, 2.05) is 0 Å². The second-order valence-electron chi connectivity index (χ2n) is 3.38. The maximum atomic E-state index is 11.3. The molecular formula is C10H12N2O3S. The number of amides is 1. The predicted molar refractivity (Wildman–Crippen MR) is 62.3 cm³/mol. The molecule has 0 radical (unpaired) electrons. The van der Waals surface area contributed by atoms with Gasteiger partial charge < -0.3 is 10.4 Å². The van der Waals surface area contributed by atoms with Gasteiger partial charge in [0.05, 0.1) is 0 Å². The Balaban J connectivity index is 2.65. The number of carboxylic acids is 1. The minimum Gasteiger partial charge on any atom is -0.478 e. The highest BCUT2D eigenvalue weighted by atomic mass is 32.1. The Labute approximate surface area is 96.8 Å². The lowest BCUT2D eigenvalue weighted by atomic mass is 10.2. The highest BCUT2D eigenvalue weighted by Gasteiger charge is 2.09. The minimum absolute atomic E-state index is 0.108. The molecule has 6 heteroatoms. The molecule has 0 saturated heterocycles. The van der Waals surface area contributed by atoms with Crippen LogP contribution in [0.5, 0.6) is 0 Å². The first kappa shape index (κ1) is 12.4. The number of aromatic nitrogens is 1. The molecule has 16 heavy (non-hydrogen) atoms. The molecule has 1 aromatic rings. The highest BCUT2D eigenvalue weighted by Crippen LogP contribution is 2.19. The summed E-state index contributed by atoms with van der Waals surface area (Å²) < 4.78 is 0. The normalized spacial score (nSPS) is 10.9. The van der Waals surface area contributed by atoms with E-state index in [-0.39, 0.29) is 11.8 Å². The third-order valence-corrected chi connectivity index (χ3v) is 2.55. The minimum atomic E-state index is -1.01. The fraction of sp³-hybridized carbons (Fsp3) is 0.300. The summed E-state index contributed by atoms with van der Waals surface area (Å²) >= 11 is 1.23. The number of carboxylic acid groups (broad SMARTS) is 1. The van der Waals surface area contributed by atoms with E-state index >= 15 is 0 Å². The molecule has 0 fully saturated rings. The molecule has 0 bridgehead atoms. The van der Waals surface area contributed by atoms with E-state index < -0.39 is 5.97 Å². The number of thiazole rings is 1. The Morgan fingerprint density at radius 1 is 1.56 bits per heavy atom. The molecule has 0 spiro atoms. The SMILES string of the molecule is CC(C)C(=O)Nc1ncc(C=CC(=O)O)s1. The molecule has 1 amide bonds. The van der Waals surface area contributed by atoms with Crippen LogP contribution in [0.1, 0.15) is 18.7 Å². The van der Waals surface area contributed by atoms with Gasteiger partial charge in [-0.1, -0.05) is 25.2 Å². The van der Waals surface area contributed by atoms with Crippen molar-refractivity contribution >= 4 is 34.4 Å². The Morgan fingerprint density at radius 2 is 2.25 bits per heavy atom. The summed E-state index contributed by atoms with van der Waals surface area (Å²) in [7, 11) is 0. The van der Waals surface area contributed by atoms with Crippen LogP contribution in [-0.2, 0) is 9.59 Å². The fourth-order valence-corrected chi connectivity index (χ4v) is 1.55. The predicted octanol–water partition coefficient (Wildman–Crippen LogP) is 1.84.